The fourth-order valence-electron chi connectivity index (χ4n) is 2.24. The van der Waals surface area contributed by atoms with Crippen LogP contribution in [-0.4, -0.2) is 5.11 Å². The molecule has 1 aromatic carbocycles. The first-order valence-corrected chi connectivity index (χ1v) is 6.31. The van der Waals surface area contributed by atoms with Gasteiger partial charge in [-0.05, 0) is 41.9 Å². The predicted molar refractivity (Wildman–Crippen MR) is 69.8 cm³/mol. The Morgan fingerprint density at radius 2 is 1.75 bits per heavy atom. The van der Waals surface area contributed by atoms with Gasteiger partial charge in [-0.2, -0.15) is 0 Å². The number of benzene rings is 1. The van der Waals surface area contributed by atoms with Gasteiger partial charge in [-0.3, -0.25) is 0 Å². The number of aromatic hydroxyl groups is 1. The molecule has 1 nitrogen and oxygen atoms in total. The van der Waals surface area contributed by atoms with Gasteiger partial charge in [0.05, 0.1) is 0 Å². The van der Waals surface area contributed by atoms with Gasteiger partial charge in [-0.1, -0.05) is 46.2 Å². The van der Waals surface area contributed by atoms with Crippen molar-refractivity contribution in [2.24, 2.45) is 5.92 Å². The Kier molecular flexibility index (Phi) is 4.40. The van der Waals surface area contributed by atoms with Crippen LogP contribution >= 0.6 is 0 Å². The van der Waals surface area contributed by atoms with Gasteiger partial charge in [-0.15, -0.1) is 0 Å². The van der Waals surface area contributed by atoms with Crippen LogP contribution in [0.1, 0.15) is 52.5 Å². The lowest BCUT2D eigenvalue weighted by atomic mass is 9.73. The topological polar surface area (TPSA) is 20.2 Å². The Balaban J connectivity index is 2.90. The molecular formula is C15H24O. The molecule has 0 heterocycles. The third-order valence-corrected chi connectivity index (χ3v) is 3.84. The second-order valence-corrected chi connectivity index (χ2v) is 5.18. The summed E-state index contributed by atoms with van der Waals surface area (Å²) in [5.41, 5.74) is 1.58. The van der Waals surface area contributed by atoms with Crippen molar-refractivity contribution in [3.05, 3.63) is 29.8 Å². The normalized spacial score (nSPS) is 16.8. The second kappa shape index (κ2) is 5.38. The maximum absolute atomic E-state index is 9.32. The van der Waals surface area contributed by atoms with Gasteiger partial charge in [0.25, 0.3) is 0 Å². The van der Waals surface area contributed by atoms with Gasteiger partial charge in [-0.25, -0.2) is 0 Å². The van der Waals surface area contributed by atoms with Crippen molar-refractivity contribution >= 4 is 0 Å². The van der Waals surface area contributed by atoms with Gasteiger partial charge in [0.2, 0.25) is 0 Å². The van der Waals surface area contributed by atoms with Crippen molar-refractivity contribution in [1.29, 1.82) is 0 Å². The van der Waals surface area contributed by atoms with Crippen LogP contribution in [0.25, 0.3) is 0 Å². The number of rotatable bonds is 5. The molecule has 0 spiro atoms. The molecule has 1 aromatic rings. The Bertz CT molecular complexity index is 315. The standard InChI is InChI=1S/C15H24O/c1-5-12(3)11-15(4,6-2)13-7-9-14(16)10-8-13/h7-10,12,16H,5-6,11H2,1-4H3/t12-,15-/m0/s1. The summed E-state index contributed by atoms with van der Waals surface area (Å²) in [6, 6.07) is 7.70. The van der Waals surface area contributed by atoms with Crippen LogP contribution in [0.4, 0.5) is 0 Å². The van der Waals surface area contributed by atoms with E-state index in [1.807, 2.05) is 0 Å². The number of hydrogen-bond donors (Lipinski definition) is 1. The van der Waals surface area contributed by atoms with Gasteiger partial charge in [0.15, 0.2) is 0 Å². The zero-order valence-corrected chi connectivity index (χ0v) is 11.0. The first-order valence-electron chi connectivity index (χ1n) is 6.31. The fourth-order valence-corrected chi connectivity index (χ4v) is 2.24. The third kappa shape index (κ3) is 3.01. The van der Waals surface area contributed by atoms with E-state index in [9.17, 15) is 5.11 Å². The fraction of sp³-hybridized carbons (Fsp3) is 0.600. The molecule has 2 atom stereocenters. The van der Waals surface area contributed by atoms with Crippen LogP contribution in [0.15, 0.2) is 24.3 Å². The van der Waals surface area contributed by atoms with E-state index in [2.05, 4.69) is 39.8 Å². The van der Waals surface area contributed by atoms with E-state index in [0.29, 0.717) is 5.75 Å². The number of hydrogen-bond acceptors (Lipinski definition) is 1. The van der Waals surface area contributed by atoms with Crippen LogP contribution in [0.2, 0.25) is 0 Å². The largest absolute Gasteiger partial charge is 0.508 e. The Morgan fingerprint density at radius 3 is 2.19 bits per heavy atom. The van der Waals surface area contributed by atoms with Crippen LogP contribution in [0.3, 0.4) is 0 Å². The molecule has 0 unspecified atom stereocenters. The SMILES string of the molecule is CC[C@H](C)C[C@](C)(CC)c1ccc(O)cc1. The molecule has 0 bridgehead atoms. The highest BCUT2D eigenvalue weighted by atomic mass is 16.3. The zero-order chi connectivity index (χ0) is 12.2. The second-order valence-electron chi connectivity index (χ2n) is 5.18. The Morgan fingerprint density at radius 1 is 1.19 bits per heavy atom. The lowest BCUT2D eigenvalue weighted by molar-refractivity contribution is 0.336. The first kappa shape index (κ1) is 13.1. The molecule has 1 rings (SSSR count). The average Bonchev–Trinajstić information content (AvgIpc) is 2.29. The van der Waals surface area contributed by atoms with Crippen LogP contribution < -0.4 is 0 Å². The summed E-state index contributed by atoms with van der Waals surface area (Å²) in [5, 5.41) is 9.32. The monoisotopic (exact) mass is 220 g/mol. The van der Waals surface area contributed by atoms with Crippen molar-refractivity contribution in [1.82, 2.24) is 0 Å². The summed E-state index contributed by atoms with van der Waals surface area (Å²) < 4.78 is 0. The lowest BCUT2D eigenvalue weighted by Gasteiger charge is -2.31. The highest BCUT2D eigenvalue weighted by molar-refractivity contribution is 5.31. The maximum atomic E-state index is 9.32. The van der Waals surface area contributed by atoms with Crippen LogP contribution in [0, 0.1) is 5.92 Å². The third-order valence-electron chi connectivity index (χ3n) is 3.84. The van der Waals surface area contributed by atoms with Crippen molar-refractivity contribution < 1.29 is 5.11 Å². The molecule has 0 aliphatic carbocycles. The van der Waals surface area contributed by atoms with Gasteiger partial charge in [0.1, 0.15) is 5.75 Å². The summed E-state index contributed by atoms with van der Waals surface area (Å²) >= 11 is 0. The number of phenols is 1. The van der Waals surface area contributed by atoms with Gasteiger partial charge in [0, 0.05) is 0 Å². The summed E-state index contributed by atoms with van der Waals surface area (Å²) in [4.78, 5) is 0. The van der Waals surface area contributed by atoms with Gasteiger partial charge < -0.3 is 5.11 Å². The summed E-state index contributed by atoms with van der Waals surface area (Å²) in [6.45, 7) is 9.13. The molecule has 0 aromatic heterocycles. The van der Waals surface area contributed by atoms with Crippen molar-refractivity contribution in [2.75, 3.05) is 0 Å². The first-order chi connectivity index (χ1) is 7.51. The highest BCUT2D eigenvalue weighted by Gasteiger charge is 2.26. The molecule has 0 aliphatic heterocycles. The quantitative estimate of drug-likeness (QED) is 0.774. The maximum Gasteiger partial charge on any atom is 0.115 e. The summed E-state index contributed by atoms with van der Waals surface area (Å²) in [5.74, 6) is 1.10. The molecule has 0 radical (unpaired) electrons. The average molecular weight is 220 g/mol. The summed E-state index contributed by atoms with van der Waals surface area (Å²) in [6.07, 6.45) is 3.58. The molecule has 0 fully saturated rings. The van der Waals surface area contributed by atoms with E-state index in [-0.39, 0.29) is 5.41 Å². The zero-order valence-electron chi connectivity index (χ0n) is 11.0. The molecule has 0 aliphatic rings. The molecule has 90 valence electrons. The van der Waals surface area contributed by atoms with E-state index in [1.165, 1.54) is 18.4 Å². The van der Waals surface area contributed by atoms with Crippen LogP contribution in [0.5, 0.6) is 5.75 Å². The lowest BCUT2D eigenvalue weighted by Crippen LogP contribution is -2.23. The predicted octanol–water partition coefficient (Wildman–Crippen LogP) is 4.50. The van der Waals surface area contributed by atoms with Crippen molar-refractivity contribution in [2.45, 2.75) is 52.4 Å². The molecule has 16 heavy (non-hydrogen) atoms. The van der Waals surface area contributed by atoms with E-state index in [1.54, 1.807) is 12.1 Å². The molecule has 0 saturated heterocycles. The van der Waals surface area contributed by atoms with E-state index in [0.717, 1.165) is 12.3 Å². The minimum atomic E-state index is 0.239. The molecule has 1 N–H and O–H groups in total. The minimum Gasteiger partial charge on any atom is -0.508 e. The minimum absolute atomic E-state index is 0.239. The van der Waals surface area contributed by atoms with E-state index >= 15 is 0 Å². The smallest absolute Gasteiger partial charge is 0.115 e. The van der Waals surface area contributed by atoms with E-state index in [4.69, 9.17) is 0 Å². The summed E-state index contributed by atoms with van der Waals surface area (Å²) in [7, 11) is 0. The molecular weight excluding hydrogens is 196 g/mol. The Hall–Kier alpha value is -0.980. The van der Waals surface area contributed by atoms with Crippen LogP contribution in [-0.2, 0) is 5.41 Å². The molecule has 1 heteroatoms. The Labute approximate surface area is 99.5 Å². The van der Waals surface area contributed by atoms with Crippen molar-refractivity contribution in [3.63, 3.8) is 0 Å². The van der Waals surface area contributed by atoms with Gasteiger partial charge >= 0.3 is 0 Å². The highest BCUT2D eigenvalue weighted by Crippen LogP contribution is 2.35. The number of phenolic OH excluding ortho intramolecular Hbond substituents is 1. The van der Waals surface area contributed by atoms with E-state index < -0.39 is 0 Å². The van der Waals surface area contributed by atoms with Crippen molar-refractivity contribution in [3.8, 4) is 5.75 Å². The molecule has 0 amide bonds. The molecule has 0 saturated carbocycles.